The van der Waals surface area contributed by atoms with Gasteiger partial charge in [0.1, 0.15) is 13.2 Å². The van der Waals surface area contributed by atoms with Crippen LogP contribution in [0.2, 0.25) is 0 Å². The minimum Gasteiger partial charge on any atom is -0.545 e. The van der Waals surface area contributed by atoms with Gasteiger partial charge in [-0.15, -0.1) is 0 Å². The topological polar surface area (TPSA) is 111 Å². The van der Waals surface area contributed by atoms with E-state index in [0.717, 1.165) is 83.5 Å². The van der Waals surface area contributed by atoms with Crippen LogP contribution in [0.3, 0.4) is 0 Å². The van der Waals surface area contributed by atoms with Crippen molar-refractivity contribution >= 4 is 17.9 Å². The van der Waals surface area contributed by atoms with E-state index in [4.69, 9.17) is 18.9 Å². The van der Waals surface area contributed by atoms with E-state index in [0.29, 0.717) is 17.4 Å². The lowest BCUT2D eigenvalue weighted by Crippen LogP contribution is -2.44. The van der Waals surface area contributed by atoms with Gasteiger partial charge in [0, 0.05) is 12.8 Å². The summed E-state index contributed by atoms with van der Waals surface area (Å²) in [5, 5.41) is 11.8. The summed E-state index contributed by atoms with van der Waals surface area (Å²) in [7, 11) is 5.92. The van der Waals surface area contributed by atoms with Crippen LogP contribution in [0, 0.1) is 0 Å². The van der Waals surface area contributed by atoms with Crippen LogP contribution in [0.4, 0.5) is 0 Å². The monoisotopic (exact) mass is 1180 g/mol. The van der Waals surface area contributed by atoms with Gasteiger partial charge in [-0.2, -0.15) is 0 Å². The van der Waals surface area contributed by atoms with Gasteiger partial charge in [0.15, 0.2) is 12.4 Å². The molecule has 0 amide bonds. The first-order valence-electron chi connectivity index (χ1n) is 35.6. The summed E-state index contributed by atoms with van der Waals surface area (Å²) in [4.78, 5) is 37.4. The van der Waals surface area contributed by atoms with E-state index < -0.39 is 24.3 Å². The number of hydrogen-bond acceptors (Lipinski definition) is 8. The SMILES string of the molecule is CC/C=C\C/C=C\C/C=C\C/C=C\C/C=C\C/C=C\CCCCCCC(=O)OC(COC(=O)CCCCCCCCCCCCCCCCCCCCCCCCCCCCCCCCCCCCCC)COC(OCC[N+](C)(C)C)C(=O)[O-]. The molecule has 0 radical (unpaired) electrons. The molecule has 0 saturated carbocycles. The molecular formula is C75H135NO8. The number of allylic oxidation sites excluding steroid dienone is 12. The maximum atomic E-state index is 12.9. The van der Waals surface area contributed by atoms with Crippen molar-refractivity contribution in [2.24, 2.45) is 0 Å². The number of carboxylic acids is 1. The molecule has 0 aliphatic heterocycles. The average Bonchev–Trinajstić information content (AvgIpc) is 3.51. The molecule has 0 rings (SSSR count). The lowest BCUT2D eigenvalue weighted by Gasteiger charge is -2.26. The van der Waals surface area contributed by atoms with Crippen LogP contribution in [0.25, 0.3) is 0 Å². The minimum absolute atomic E-state index is 0.140. The van der Waals surface area contributed by atoms with Crippen LogP contribution < -0.4 is 5.11 Å². The van der Waals surface area contributed by atoms with Crippen LogP contribution in [0.15, 0.2) is 72.9 Å². The number of carbonyl (C=O) groups excluding carboxylic acids is 3. The third-order valence-corrected chi connectivity index (χ3v) is 15.7. The molecule has 0 aromatic carbocycles. The third kappa shape index (κ3) is 66.3. The molecule has 2 unspecified atom stereocenters. The fourth-order valence-corrected chi connectivity index (χ4v) is 10.3. The Morgan fingerprint density at radius 2 is 0.679 bits per heavy atom. The van der Waals surface area contributed by atoms with Crippen molar-refractivity contribution in [2.75, 3.05) is 47.5 Å². The largest absolute Gasteiger partial charge is 0.545 e. The molecule has 9 nitrogen and oxygen atoms in total. The van der Waals surface area contributed by atoms with Gasteiger partial charge in [-0.3, -0.25) is 9.59 Å². The van der Waals surface area contributed by atoms with Gasteiger partial charge < -0.3 is 33.3 Å². The number of quaternary nitrogens is 1. The molecule has 2 atom stereocenters. The molecule has 0 bridgehead atoms. The maximum Gasteiger partial charge on any atom is 0.306 e. The molecule has 0 spiro atoms. The summed E-state index contributed by atoms with van der Waals surface area (Å²) < 4.78 is 22.8. The van der Waals surface area contributed by atoms with Crippen LogP contribution in [0.5, 0.6) is 0 Å². The molecule has 0 N–H and O–H groups in total. The van der Waals surface area contributed by atoms with Gasteiger partial charge in [0.2, 0.25) is 0 Å². The zero-order valence-electron chi connectivity index (χ0n) is 55.8. The van der Waals surface area contributed by atoms with Crippen LogP contribution >= 0.6 is 0 Å². The van der Waals surface area contributed by atoms with Crippen LogP contribution in [0.1, 0.15) is 328 Å². The molecule has 0 aliphatic rings. The van der Waals surface area contributed by atoms with Crippen molar-refractivity contribution in [1.29, 1.82) is 0 Å². The number of likely N-dealkylation sites (N-methyl/N-ethyl adjacent to an activating group) is 1. The maximum absolute atomic E-state index is 12.9. The van der Waals surface area contributed by atoms with Crippen molar-refractivity contribution < 1.29 is 42.9 Å². The molecule has 0 saturated heterocycles. The summed E-state index contributed by atoms with van der Waals surface area (Å²) in [6, 6.07) is 0. The van der Waals surface area contributed by atoms with Crippen LogP contribution in [-0.2, 0) is 33.3 Å². The predicted molar refractivity (Wildman–Crippen MR) is 357 cm³/mol. The first-order valence-corrected chi connectivity index (χ1v) is 35.6. The van der Waals surface area contributed by atoms with E-state index in [2.05, 4.69) is 86.8 Å². The smallest absolute Gasteiger partial charge is 0.306 e. The van der Waals surface area contributed by atoms with Gasteiger partial charge in [-0.1, -0.05) is 324 Å². The average molecular weight is 1180 g/mol. The number of esters is 2. The Morgan fingerprint density at radius 3 is 1.01 bits per heavy atom. The lowest BCUT2D eigenvalue weighted by molar-refractivity contribution is -0.870. The highest BCUT2D eigenvalue weighted by Crippen LogP contribution is 2.19. The van der Waals surface area contributed by atoms with Gasteiger partial charge in [0.05, 0.1) is 40.3 Å². The van der Waals surface area contributed by atoms with Crippen molar-refractivity contribution in [3.63, 3.8) is 0 Å². The van der Waals surface area contributed by atoms with E-state index in [1.54, 1.807) is 0 Å². The number of carbonyl (C=O) groups is 3. The molecule has 84 heavy (non-hydrogen) atoms. The summed E-state index contributed by atoms with van der Waals surface area (Å²) in [6.45, 7) is 4.64. The highest BCUT2D eigenvalue weighted by Gasteiger charge is 2.22. The summed E-state index contributed by atoms with van der Waals surface area (Å²) in [6.07, 6.45) is 84.4. The van der Waals surface area contributed by atoms with Gasteiger partial charge in [0.25, 0.3) is 0 Å². The zero-order valence-corrected chi connectivity index (χ0v) is 55.8. The first-order chi connectivity index (χ1) is 41.1. The van der Waals surface area contributed by atoms with E-state index in [-0.39, 0.29) is 38.6 Å². The molecule has 0 fully saturated rings. The predicted octanol–water partition coefficient (Wildman–Crippen LogP) is 20.7. The Kier molecular flexibility index (Phi) is 63.1. The number of rotatable bonds is 66. The summed E-state index contributed by atoms with van der Waals surface area (Å²) in [5.74, 6) is -2.31. The first kappa shape index (κ1) is 80.7. The number of ether oxygens (including phenoxy) is 4. The summed E-state index contributed by atoms with van der Waals surface area (Å²) in [5.41, 5.74) is 0. The standard InChI is InChI=1S/C75H135NO8/c1-6-8-10-12-14-16-18-20-22-24-26-28-30-31-32-33-34-35-36-37-38-39-40-41-42-44-45-47-49-51-53-55-57-59-61-63-65-72(77)82-69-71(70-83-75(74(79)80)81-68-67-76(3,4)5)84-73(78)66-64-62-60-58-56-54-52-50-48-46-43-29-27-25-23-21-19-17-15-13-11-9-7-2/h9,11,15,17,21,23,27,29,46,48,52,54,71,75H,6-8,10,12-14,16,18-20,22,24-26,28,30-45,47,49-51,53,55-70H2,1-5H3/b11-9-,17-15-,23-21-,29-27-,48-46-,54-52-. The molecule has 488 valence electrons. The van der Waals surface area contributed by atoms with E-state index >= 15 is 0 Å². The van der Waals surface area contributed by atoms with Crippen molar-refractivity contribution in [3.8, 4) is 0 Å². The van der Waals surface area contributed by atoms with Crippen molar-refractivity contribution in [2.45, 2.75) is 341 Å². The van der Waals surface area contributed by atoms with E-state index in [1.165, 1.54) is 212 Å². The fraction of sp³-hybridized carbons (Fsp3) is 0.800. The summed E-state index contributed by atoms with van der Waals surface area (Å²) >= 11 is 0. The van der Waals surface area contributed by atoms with E-state index in [9.17, 15) is 19.5 Å². The zero-order chi connectivity index (χ0) is 61.2. The Morgan fingerprint density at radius 1 is 0.369 bits per heavy atom. The number of carboxylic acid groups (broad SMARTS) is 1. The fourth-order valence-electron chi connectivity index (χ4n) is 10.3. The molecule has 9 heteroatoms. The van der Waals surface area contributed by atoms with Crippen molar-refractivity contribution in [1.82, 2.24) is 0 Å². The minimum atomic E-state index is -1.63. The normalized spacial score (nSPS) is 13.1. The third-order valence-electron chi connectivity index (χ3n) is 15.7. The molecule has 0 aromatic rings. The Bertz CT molecular complexity index is 1610. The van der Waals surface area contributed by atoms with Gasteiger partial charge in [-0.05, 0) is 64.2 Å². The van der Waals surface area contributed by atoms with Crippen molar-refractivity contribution in [3.05, 3.63) is 72.9 Å². The second-order valence-electron chi connectivity index (χ2n) is 25.2. The number of hydrogen-bond donors (Lipinski definition) is 0. The second-order valence-corrected chi connectivity index (χ2v) is 25.2. The molecule has 0 aliphatic carbocycles. The lowest BCUT2D eigenvalue weighted by atomic mass is 10.0. The molecule has 0 aromatic heterocycles. The Labute approximate surface area is 519 Å². The highest BCUT2D eigenvalue weighted by atomic mass is 16.7. The highest BCUT2D eigenvalue weighted by molar-refractivity contribution is 5.70. The Balaban J connectivity index is 4.05. The van der Waals surface area contributed by atoms with E-state index in [1.807, 2.05) is 21.1 Å². The Hall–Kier alpha value is -3.27. The number of unbranched alkanes of at least 4 members (excludes halogenated alkanes) is 39. The van der Waals surface area contributed by atoms with Crippen LogP contribution in [-0.4, -0.2) is 82.3 Å². The second kappa shape index (κ2) is 65.7. The van der Waals surface area contributed by atoms with Gasteiger partial charge in [-0.25, -0.2) is 0 Å². The number of nitrogens with zero attached hydrogens (tertiary/aromatic N) is 1. The number of aliphatic carboxylic acids is 1. The van der Waals surface area contributed by atoms with Gasteiger partial charge >= 0.3 is 11.9 Å². The quantitative estimate of drug-likeness (QED) is 0.0195. The molecule has 0 heterocycles. The molecular weight excluding hydrogens is 1040 g/mol.